The standard InChI is InChI=1S/C46H28N4O/c47-29-30-20-22-32(23-21-30)35-15-8-17-37(27-35)45-48-44(33-12-5-2-6-13-33)49-46(50-45)38-24-25-40-42(28-38)51-41-19-9-18-39(43(40)41)36-16-7-14-34(26-36)31-10-3-1-4-11-31/h1-28H. The molecule has 2 heterocycles. The van der Waals surface area contributed by atoms with Crippen molar-refractivity contribution < 1.29 is 4.42 Å². The summed E-state index contributed by atoms with van der Waals surface area (Å²) >= 11 is 0. The van der Waals surface area contributed by atoms with E-state index in [-0.39, 0.29) is 0 Å². The number of nitrogens with zero attached hydrogens (tertiary/aromatic N) is 4. The molecule has 9 rings (SSSR count). The molecule has 0 unspecified atom stereocenters. The van der Waals surface area contributed by atoms with Crippen LogP contribution < -0.4 is 0 Å². The lowest BCUT2D eigenvalue weighted by Gasteiger charge is -2.10. The van der Waals surface area contributed by atoms with Crippen LogP contribution in [-0.2, 0) is 0 Å². The fraction of sp³-hybridized carbons (Fsp3) is 0. The average Bonchev–Trinajstić information content (AvgIpc) is 3.60. The Labute approximate surface area is 294 Å². The van der Waals surface area contributed by atoms with E-state index in [1.165, 1.54) is 11.1 Å². The lowest BCUT2D eigenvalue weighted by atomic mass is 9.96. The third-order valence-electron chi connectivity index (χ3n) is 9.17. The maximum absolute atomic E-state index is 9.25. The summed E-state index contributed by atoms with van der Waals surface area (Å²) in [5, 5.41) is 11.4. The van der Waals surface area contributed by atoms with E-state index in [2.05, 4.69) is 78.9 Å². The van der Waals surface area contributed by atoms with E-state index < -0.39 is 0 Å². The molecule has 0 amide bonds. The molecule has 7 aromatic carbocycles. The number of fused-ring (bicyclic) bond motifs is 3. The molecule has 0 bridgehead atoms. The molecule has 0 fully saturated rings. The summed E-state index contributed by atoms with van der Waals surface area (Å²) in [5.41, 5.74) is 11.4. The Morgan fingerprint density at radius 2 is 0.902 bits per heavy atom. The maximum atomic E-state index is 9.25. The van der Waals surface area contributed by atoms with E-state index in [1.807, 2.05) is 97.1 Å². The number of benzene rings is 7. The van der Waals surface area contributed by atoms with Crippen LogP contribution in [-0.4, -0.2) is 15.0 Å². The summed E-state index contributed by atoms with van der Waals surface area (Å²) in [6.07, 6.45) is 0. The highest BCUT2D eigenvalue weighted by atomic mass is 16.3. The highest BCUT2D eigenvalue weighted by Crippen LogP contribution is 2.39. The van der Waals surface area contributed by atoms with Gasteiger partial charge in [-0.05, 0) is 75.8 Å². The Bertz CT molecular complexity index is 2750. The van der Waals surface area contributed by atoms with Gasteiger partial charge in [0.2, 0.25) is 0 Å². The van der Waals surface area contributed by atoms with Crippen LogP contribution in [0.1, 0.15) is 5.56 Å². The summed E-state index contributed by atoms with van der Waals surface area (Å²) in [6, 6.07) is 59.4. The summed E-state index contributed by atoms with van der Waals surface area (Å²) in [4.78, 5) is 14.9. The summed E-state index contributed by atoms with van der Waals surface area (Å²) in [6.45, 7) is 0. The number of hydrogen-bond donors (Lipinski definition) is 0. The molecule has 0 radical (unpaired) electrons. The first-order chi connectivity index (χ1) is 25.2. The van der Waals surface area contributed by atoms with Crippen LogP contribution >= 0.6 is 0 Å². The predicted molar refractivity (Wildman–Crippen MR) is 204 cm³/mol. The highest BCUT2D eigenvalue weighted by molar-refractivity contribution is 6.13. The van der Waals surface area contributed by atoms with E-state index in [1.54, 1.807) is 0 Å². The van der Waals surface area contributed by atoms with Gasteiger partial charge in [0.1, 0.15) is 11.2 Å². The first-order valence-corrected chi connectivity index (χ1v) is 16.7. The molecule has 0 atom stereocenters. The normalized spacial score (nSPS) is 11.1. The van der Waals surface area contributed by atoms with Crippen LogP contribution in [0, 0.1) is 11.3 Å². The number of aromatic nitrogens is 3. The molecule has 51 heavy (non-hydrogen) atoms. The monoisotopic (exact) mass is 652 g/mol. The van der Waals surface area contributed by atoms with Crippen molar-refractivity contribution >= 4 is 21.9 Å². The minimum absolute atomic E-state index is 0.556. The molecular weight excluding hydrogens is 625 g/mol. The van der Waals surface area contributed by atoms with E-state index in [4.69, 9.17) is 19.4 Å². The average molecular weight is 653 g/mol. The molecule has 0 aliphatic carbocycles. The van der Waals surface area contributed by atoms with Crippen molar-refractivity contribution in [3.63, 3.8) is 0 Å². The SMILES string of the molecule is N#Cc1ccc(-c2cccc(-c3nc(-c4ccccc4)nc(-c4ccc5c(c4)oc4cccc(-c6cccc(-c7ccccc7)c6)c45)n3)c2)cc1. The zero-order chi connectivity index (χ0) is 34.1. The first kappa shape index (κ1) is 29.9. The molecule has 0 saturated carbocycles. The van der Waals surface area contributed by atoms with Gasteiger partial charge in [0.15, 0.2) is 17.5 Å². The Kier molecular flexibility index (Phi) is 7.46. The zero-order valence-electron chi connectivity index (χ0n) is 27.4. The Morgan fingerprint density at radius 3 is 1.59 bits per heavy atom. The number of nitriles is 1. The van der Waals surface area contributed by atoms with Gasteiger partial charge in [0.05, 0.1) is 11.6 Å². The molecule has 5 heteroatoms. The fourth-order valence-corrected chi connectivity index (χ4v) is 6.63. The third-order valence-corrected chi connectivity index (χ3v) is 9.17. The summed E-state index contributed by atoms with van der Waals surface area (Å²) < 4.78 is 6.51. The lowest BCUT2D eigenvalue weighted by Crippen LogP contribution is -2.00. The second kappa shape index (κ2) is 12.7. The van der Waals surface area contributed by atoms with Gasteiger partial charge in [-0.3, -0.25) is 0 Å². The Morgan fingerprint density at radius 1 is 0.392 bits per heavy atom. The van der Waals surface area contributed by atoms with E-state index in [0.29, 0.717) is 23.0 Å². The Balaban J connectivity index is 1.15. The molecule has 0 spiro atoms. The van der Waals surface area contributed by atoms with Gasteiger partial charge in [-0.25, -0.2) is 15.0 Å². The van der Waals surface area contributed by atoms with Crippen molar-refractivity contribution in [3.8, 4) is 73.6 Å². The molecule has 0 N–H and O–H groups in total. The minimum atomic E-state index is 0.556. The van der Waals surface area contributed by atoms with Crippen LogP contribution in [0.3, 0.4) is 0 Å². The molecule has 238 valence electrons. The van der Waals surface area contributed by atoms with Gasteiger partial charge < -0.3 is 4.42 Å². The van der Waals surface area contributed by atoms with E-state index in [0.717, 1.165) is 60.9 Å². The van der Waals surface area contributed by atoms with Crippen LogP contribution in [0.15, 0.2) is 174 Å². The van der Waals surface area contributed by atoms with Gasteiger partial charge in [-0.2, -0.15) is 5.26 Å². The van der Waals surface area contributed by atoms with Crippen molar-refractivity contribution in [2.45, 2.75) is 0 Å². The largest absolute Gasteiger partial charge is 0.456 e. The molecule has 2 aromatic heterocycles. The zero-order valence-corrected chi connectivity index (χ0v) is 27.4. The van der Waals surface area contributed by atoms with Crippen LogP contribution in [0.25, 0.3) is 89.5 Å². The van der Waals surface area contributed by atoms with Crippen molar-refractivity contribution in [1.82, 2.24) is 15.0 Å². The van der Waals surface area contributed by atoms with E-state index in [9.17, 15) is 5.26 Å². The van der Waals surface area contributed by atoms with E-state index >= 15 is 0 Å². The lowest BCUT2D eigenvalue weighted by molar-refractivity contribution is 0.669. The van der Waals surface area contributed by atoms with Crippen molar-refractivity contribution in [2.24, 2.45) is 0 Å². The smallest absolute Gasteiger partial charge is 0.164 e. The number of furan rings is 1. The predicted octanol–water partition coefficient (Wildman–Crippen LogP) is 11.6. The molecule has 5 nitrogen and oxygen atoms in total. The molecule has 0 aliphatic rings. The van der Waals surface area contributed by atoms with Crippen LogP contribution in [0.5, 0.6) is 0 Å². The van der Waals surface area contributed by atoms with Gasteiger partial charge in [0.25, 0.3) is 0 Å². The second-order valence-corrected chi connectivity index (χ2v) is 12.4. The van der Waals surface area contributed by atoms with Gasteiger partial charge in [-0.15, -0.1) is 0 Å². The highest BCUT2D eigenvalue weighted by Gasteiger charge is 2.17. The quantitative estimate of drug-likeness (QED) is 0.179. The number of hydrogen-bond acceptors (Lipinski definition) is 5. The third kappa shape index (κ3) is 5.71. The van der Waals surface area contributed by atoms with Gasteiger partial charge >= 0.3 is 0 Å². The Hall–Kier alpha value is -7.16. The maximum Gasteiger partial charge on any atom is 0.164 e. The molecule has 0 saturated heterocycles. The fourth-order valence-electron chi connectivity index (χ4n) is 6.63. The van der Waals surface area contributed by atoms with Crippen molar-refractivity contribution in [3.05, 3.63) is 175 Å². The summed E-state index contributed by atoms with van der Waals surface area (Å²) in [7, 11) is 0. The minimum Gasteiger partial charge on any atom is -0.456 e. The van der Waals surface area contributed by atoms with Gasteiger partial charge in [0, 0.05) is 27.5 Å². The number of rotatable bonds is 6. The molecule has 9 aromatic rings. The molecule has 0 aliphatic heterocycles. The van der Waals surface area contributed by atoms with Crippen molar-refractivity contribution in [2.75, 3.05) is 0 Å². The van der Waals surface area contributed by atoms with Crippen molar-refractivity contribution in [1.29, 1.82) is 5.26 Å². The van der Waals surface area contributed by atoms with Crippen LogP contribution in [0.4, 0.5) is 0 Å². The second-order valence-electron chi connectivity index (χ2n) is 12.4. The summed E-state index contributed by atoms with van der Waals surface area (Å²) in [5.74, 6) is 1.71. The van der Waals surface area contributed by atoms with Crippen LogP contribution in [0.2, 0.25) is 0 Å². The first-order valence-electron chi connectivity index (χ1n) is 16.7. The van der Waals surface area contributed by atoms with Gasteiger partial charge in [-0.1, -0.05) is 127 Å². The topological polar surface area (TPSA) is 75.6 Å². The molecular formula is C46H28N4O.